The van der Waals surface area contributed by atoms with E-state index in [4.69, 9.17) is 10.2 Å². The van der Waals surface area contributed by atoms with Crippen LogP contribution in [-0.2, 0) is 16.6 Å². The highest BCUT2D eigenvalue weighted by Crippen LogP contribution is 2.16. The molecule has 0 aliphatic heterocycles. The minimum atomic E-state index is -3.67. The van der Waals surface area contributed by atoms with Crippen LogP contribution in [0.3, 0.4) is 0 Å². The van der Waals surface area contributed by atoms with E-state index in [1.165, 1.54) is 12.4 Å². The second-order valence-electron chi connectivity index (χ2n) is 4.73. The molecule has 0 aromatic carbocycles. The third-order valence-corrected chi connectivity index (χ3v) is 4.35. The van der Waals surface area contributed by atoms with Gasteiger partial charge in [0.05, 0.1) is 18.4 Å². The van der Waals surface area contributed by atoms with Gasteiger partial charge in [0.2, 0.25) is 15.9 Å². The van der Waals surface area contributed by atoms with Crippen molar-refractivity contribution in [3.8, 4) is 0 Å². The Morgan fingerprint density at radius 1 is 1.48 bits per heavy atom. The van der Waals surface area contributed by atoms with E-state index in [1.807, 2.05) is 0 Å². The van der Waals surface area contributed by atoms with Gasteiger partial charge in [-0.05, 0) is 26.8 Å². The van der Waals surface area contributed by atoms with Gasteiger partial charge in [0, 0.05) is 12.7 Å². The lowest BCUT2D eigenvalue weighted by Crippen LogP contribution is -2.26. The van der Waals surface area contributed by atoms with E-state index in [2.05, 4.69) is 14.8 Å². The number of nitrogens with two attached hydrogens (primary N) is 1. The van der Waals surface area contributed by atoms with E-state index in [0.29, 0.717) is 24.7 Å². The second-order valence-corrected chi connectivity index (χ2v) is 6.45. The molecule has 0 amide bonds. The van der Waals surface area contributed by atoms with Gasteiger partial charge in [-0.2, -0.15) is 9.82 Å². The monoisotopic (exact) mass is 313 g/mol. The molecule has 2 aromatic heterocycles. The molecule has 1 atom stereocenters. The van der Waals surface area contributed by atoms with E-state index < -0.39 is 16.1 Å². The summed E-state index contributed by atoms with van der Waals surface area (Å²) in [6.45, 7) is 4.53. The van der Waals surface area contributed by atoms with Crippen molar-refractivity contribution in [2.75, 3.05) is 6.54 Å². The van der Waals surface area contributed by atoms with Gasteiger partial charge >= 0.3 is 0 Å². The summed E-state index contributed by atoms with van der Waals surface area (Å²) >= 11 is 0. The Morgan fingerprint density at radius 3 is 2.86 bits per heavy atom. The molecular weight excluding hydrogens is 294 g/mol. The largest absolute Gasteiger partial charge is 0.444 e. The van der Waals surface area contributed by atoms with Gasteiger partial charge in [-0.15, -0.1) is 0 Å². The van der Waals surface area contributed by atoms with Crippen molar-refractivity contribution in [2.24, 2.45) is 5.73 Å². The topological polar surface area (TPSA) is 116 Å². The highest BCUT2D eigenvalue weighted by atomic mass is 32.2. The zero-order valence-corrected chi connectivity index (χ0v) is 12.8. The van der Waals surface area contributed by atoms with Crippen LogP contribution in [0.5, 0.6) is 0 Å². The summed E-state index contributed by atoms with van der Waals surface area (Å²) < 4.78 is 33.9. The number of hydrogen-bond acceptors (Lipinski definition) is 6. The van der Waals surface area contributed by atoms with Crippen LogP contribution < -0.4 is 10.5 Å². The summed E-state index contributed by atoms with van der Waals surface area (Å²) in [5.41, 5.74) is 5.41. The van der Waals surface area contributed by atoms with Crippen molar-refractivity contribution in [1.29, 1.82) is 0 Å². The molecule has 0 saturated carbocycles. The molecule has 0 fully saturated rings. The molecular formula is C12H19N5O3S. The van der Waals surface area contributed by atoms with Crippen LogP contribution >= 0.6 is 0 Å². The molecule has 8 nitrogen and oxygen atoms in total. The summed E-state index contributed by atoms with van der Waals surface area (Å²) in [5.74, 6) is 0.956. The SMILES string of the molecule is Cc1cnc(C(C)NS(=O)(=O)c2cnn(CCCN)c2)o1. The first-order valence-corrected chi connectivity index (χ1v) is 8.08. The fraction of sp³-hybridized carbons (Fsp3) is 0.500. The van der Waals surface area contributed by atoms with Crippen LogP contribution in [0, 0.1) is 6.92 Å². The van der Waals surface area contributed by atoms with E-state index in [9.17, 15) is 8.42 Å². The van der Waals surface area contributed by atoms with Gasteiger partial charge in [0.25, 0.3) is 0 Å². The lowest BCUT2D eigenvalue weighted by atomic mass is 10.4. The van der Waals surface area contributed by atoms with Crippen LogP contribution in [-0.4, -0.2) is 29.7 Å². The fourth-order valence-corrected chi connectivity index (χ4v) is 2.93. The van der Waals surface area contributed by atoms with Crippen LogP contribution in [0.1, 0.15) is 31.0 Å². The number of nitrogens with one attached hydrogen (secondary N) is 1. The molecule has 0 spiro atoms. The maximum atomic E-state index is 12.3. The average Bonchev–Trinajstić information content (AvgIpc) is 3.05. The van der Waals surface area contributed by atoms with Crippen LogP contribution in [0.25, 0.3) is 0 Å². The molecule has 0 aliphatic rings. The number of sulfonamides is 1. The Labute approximate surface area is 123 Å². The van der Waals surface area contributed by atoms with Gasteiger partial charge in [0.1, 0.15) is 10.7 Å². The van der Waals surface area contributed by atoms with Crippen LogP contribution in [0.15, 0.2) is 27.9 Å². The van der Waals surface area contributed by atoms with Crippen molar-refractivity contribution in [3.63, 3.8) is 0 Å². The van der Waals surface area contributed by atoms with Gasteiger partial charge in [-0.1, -0.05) is 0 Å². The molecule has 2 aromatic rings. The maximum Gasteiger partial charge on any atom is 0.244 e. The standard InChI is InChI=1S/C12H19N5O3S/c1-9-6-14-12(20-9)10(2)16-21(18,19)11-7-15-17(8-11)5-3-4-13/h6-8,10,16H,3-5,13H2,1-2H3. The Kier molecular flexibility index (Phi) is 4.76. The second kappa shape index (κ2) is 6.37. The van der Waals surface area contributed by atoms with Crippen molar-refractivity contribution >= 4 is 10.0 Å². The zero-order chi connectivity index (χ0) is 15.5. The van der Waals surface area contributed by atoms with Crippen molar-refractivity contribution in [3.05, 3.63) is 30.2 Å². The minimum Gasteiger partial charge on any atom is -0.444 e. The summed E-state index contributed by atoms with van der Waals surface area (Å²) in [7, 11) is -3.67. The number of rotatable bonds is 7. The van der Waals surface area contributed by atoms with E-state index in [0.717, 1.165) is 6.42 Å². The number of aryl methyl sites for hydroxylation is 2. The first-order chi connectivity index (χ1) is 9.92. The van der Waals surface area contributed by atoms with Crippen LogP contribution in [0.2, 0.25) is 0 Å². The molecule has 0 saturated heterocycles. The predicted molar refractivity (Wildman–Crippen MR) is 75.9 cm³/mol. The number of hydrogen-bond donors (Lipinski definition) is 2. The Bertz CT molecular complexity index is 691. The minimum absolute atomic E-state index is 0.106. The zero-order valence-electron chi connectivity index (χ0n) is 12.0. The van der Waals surface area contributed by atoms with Gasteiger partial charge in [-0.25, -0.2) is 13.4 Å². The van der Waals surface area contributed by atoms with E-state index in [-0.39, 0.29) is 4.90 Å². The molecule has 2 heterocycles. The molecule has 2 rings (SSSR count). The molecule has 3 N–H and O–H groups in total. The van der Waals surface area contributed by atoms with E-state index >= 15 is 0 Å². The highest BCUT2D eigenvalue weighted by Gasteiger charge is 2.22. The normalized spacial score (nSPS) is 13.5. The third-order valence-electron chi connectivity index (χ3n) is 2.85. The van der Waals surface area contributed by atoms with Gasteiger partial charge in [0.15, 0.2) is 0 Å². The molecule has 116 valence electrons. The lowest BCUT2D eigenvalue weighted by molar-refractivity contribution is 0.428. The lowest BCUT2D eigenvalue weighted by Gasteiger charge is -2.09. The first-order valence-electron chi connectivity index (χ1n) is 6.59. The number of nitrogens with zero attached hydrogens (tertiary/aromatic N) is 3. The summed E-state index contributed by atoms with van der Waals surface area (Å²) in [6, 6.07) is -0.559. The molecule has 0 bridgehead atoms. The summed E-state index contributed by atoms with van der Waals surface area (Å²) in [4.78, 5) is 4.12. The molecule has 1 unspecified atom stereocenters. The Morgan fingerprint density at radius 2 is 2.24 bits per heavy atom. The van der Waals surface area contributed by atoms with E-state index in [1.54, 1.807) is 24.7 Å². The third kappa shape index (κ3) is 3.90. The van der Waals surface area contributed by atoms with Crippen molar-refractivity contribution in [2.45, 2.75) is 37.8 Å². The Hall–Kier alpha value is -1.71. The maximum absolute atomic E-state index is 12.3. The molecule has 21 heavy (non-hydrogen) atoms. The number of aromatic nitrogens is 3. The Balaban J connectivity index is 2.09. The molecule has 0 aliphatic carbocycles. The van der Waals surface area contributed by atoms with Crippen molar-refractivity contribution in [1.82, 2.24) is 19.5 Å². The molecule has 0 radical (unpaired) electrons. The quantitative estimate of drug-likeness (QED) is 0.772. The number of oxazole rings is 1. The van der Waals surface area contributed by atoms with Gasteiger partial charge < -0.3 is 10.2 Å². The first kappa shape index (κ1) is 15.7. The smallest absolute Gasteiger partial charge is 0.244 e. The molecule has 9 heteroatoms. The van der Waals surface area contributed by atoms with Gasteiger partial charge in [-0.3, -0.25) is 4.68 Å². The van der Waals surface area contributed by atoms with Crippen LogP contribution in [0.4, 0.5) is 0 Å². The fourth-order valence-electron chi connectivity index (χ4n) is 1.78. The highest BCUT2D eigenvalue weighted by molar-refractivity contribution is 7.89. The summed E-state index contributed by atoms with van der Waals surface area (Å²) in [6.07, 6.45) is 5.07. The predicted octanol–water partition coefficient (Wildman–Crippen LogP) is 0.568. The average molecular weight is 313 g/mol. The van der Waals surface area contributed by atoms with Crippen molar-refractivity contribution < 1.29 is 12.8 Å². The summed E-state index contributed by atoms with van der Waals surface area (Å²) in [5, 5.41) is 4.01.